The molecule has 2 rings (SSSR count). The van der Waals surface area contributed by atoms with Gasteiger partial charge in [0.25, 0.3) is 10.1 Å². The minimum atomic E-state index is -4.41. The van der Waals surface area contributed by atoms with Crippen LogP contribution in [0.15, 0.2) is 41.3 Å². The number of benzene rings is 2. The Balaban J connectivity index is 0.00000128. The van der Waals surface area contributed by atoms with E-state index in [9.17, 15) is 13.5 Å². The minimum absolute atomic E-state index is 0. The van der Waals surface area contributed by atoms with Crippen LogP contribution in [-0.2, 0) is 10.1 Å². The zero-order valence-electron chi connectivity index (χ0n) is 8.58. The quantitative estimate of drug-likeness (QED) is 0.490. The summed E-state index contributed by atoms with van der Waals surface area (Å²) in [6, 6.07) is 9.43. The molecule has 0 aliphatic rings. The molecular formula is C10H8NaO4S+. The van der Waals surface area contributed by atoms with Gasteiger partial charge in [-0.3, -0.25) is 4.55 Å². The zero-order chi connectivity index (χ0) is 11.1. The fourth-order valence-electron chi connectivity index (χ4n) is 1.50. The van der Waals surface area contributed by atoms with Gasteiger partial charge in [0.15, 0.2) is 0 Å². The molecule has 4 nitrogen and oxygen atoms in total. The van der Waals surface area contributed by atoms with Crippen molar-refractivity contribution in [2.45, 2.75) is 4.90 Å². The number of hydrogen-bond acceptors (Lipinski definition) is 3. The summed E-state index contributed by atoms with van der Waals surface area (Å²) in [5.41, 5.74) is 0. The van der Waals surface area contributed by atoms with Gasteiger partial charge in [-0.2, -0.15) is 8.42 Å². The first-order valence-corrected chi connectivity index (χ1v) is 5.62. The Bertz CT molecular complexity index is 622. The van der Waals surface area contributed by atoms with Gasteiger partial charge < -0.3 is 5.11 Å². The molecule has 0 saturated heterocycles. The SMILES string of the molecule is O=S(=O)(O)c1c(O)ccc2ccccc12.[Na+]. The van der Waals surface area contributed by atoms with E-state index in [0.717, 1.165) is 0 Å². The van der Waals surface area contributed by atoms with E-state index in [1.165, 1.54) is 12.1 Å². The molecule has 0 bridgehead atoms. The summed E-state index contributed by atoms with van der Waals surface area (Å²) in [4.78, 5) is -0.444. The van der Waals surface area contributed by atoms with Gasteiger partial charge in [-0.05, 0) is 11.5 Å². The molecule has 2 aromatic carbocycles. The number of aromatic hydroxyl groups is 1. The minimum Gasteiger partial charge on any atom is -0.506 e. The molecule has 0 radical (unpaired) electrons. The topological polar surface area (TPSA) is 74.6 Å². The Labute approximate surface area is 115 Å². The van der Waals surface area contributed by atoms with Crippen LogP contribution in [0, 0.1) is 0 Å². The van der Waals surface area contributed by atoms with Crippen molar-refractivity contribution in [3.63, 3.8) is 0 Å². The fraction of sp³-hybridized carbons (Fsp3) is 0. The van der Waals surface area contributed by atoms with Crippen molar-refractivity contribution in [1.82, 2.24) is 0 Å². The number of rotatable bonds is 1. The number of phenols is 1. The zero-order valence-corrected chi connectivity index (χ0v) is 11.4. The predicted octanol–water partition coefficient (Wildman–Crippen LogP) is -1.20. The van der Waals surface area contributed by atoms with E-state index in [0.29, 0.717) is 10.8 Å². The van der Waals surface area contributed by atoms with Crippen LogP contribution in [-0.4, -0.2) is 18.1 Å². The van der Waals surface area contributed by atoms with E-state index in [2.05, 4.69) is 0 Å². The Kier molecular flexibility index (Phi) is 3.98. The van der Waals surface area contributed by atoms with E-state index in [4.69, 9.17) is 4.55 Å². The summed E-state index contributed by atoms with van der Waals surface area (Å²) >= 11 is 0. The maximum Gasteiger partial charge on any atom is 1.00 e. The van der Waals surface area contributed by atoms with Crippen LogP contribution in [0.3, 0.4) is 0 Å². The second-order valence-electron chi connectivity index (χ2n) is 3.11. The van der Waals surface area contributed by atoms with Crippen molar-refractivity contribution in [2.24, 2.45) is 0 Å². The molecule has 0 atom stereocenters. The second-order valence-corrected chi connectivity index (χ2v) is 4.47. The van der Waals surface area contributed by atoms with Crippen molar-refractivity contribution < 1.29 is 47.6 Å². The molecule has 2 N–H and O–H groups in total. The maximum absolute atomic E-state index is 11.1. The van der Waals surface area contributed by atoms with Crippen LogP contribution in [0.1, 0.15) is 0 Å². The normalized spacial score (nSPS) is 11.1. The maximum atomic E-state index is 11.1. The van der Waals surface area contributed by atoms with Crippen molar-refractivity contribution in [3.8, 4) is 5.75 Å². The van der Waals surface area contributed by atoms with Gasteiger partial charge in [0.05, 0.1) is 0 Å². The smallest absolute Gasteiger partial charge is 0.506 e. The van der Waals surface area contributed by atoms with Crippen LogP contribution >= 0.6 is 0 Å². The summed E-state index contributed by atoms with van der Waals surface area (Å²) in [5.74, 6) is -0.448. The summed E-state index contributed by atoms with van der Waals surface area (Å²) in [6.07, 6.45) is 0. The molecule has 0 aromatic heterocycles. The monoisotopic (exact) mass is 247 g/mol. The molecule has 0 saturated carbocycles. The molecule has 0 amide bonds. The Hall–Kier alpha value is -0.590. The van der Waals surface area contributed by atoms with Gasteiger partial charge in [0.2, 0.25) is 0 Å². The van der Waals surface area contributed by atoms with Gasteiger partial charge >= 0.3 is 29.6 Å². The predicted molar refractivity (Wildman–Crippen MR) is 55.4 cm³/mol. The van der Waals surface area contributed by atoms with Gasteiger partial charge in [-0.15, -0.1) is 0 Å². The third kappa shape index (κ3) is 2.39. The van der Waals surface area contributed by atoms with Crippen LogP contribution in [0.5, 0.6) is 5.75 Å². The first-order valence-electron chi connectivity index (χ1n) is 4.18. The van der Waals surface area contributed by atoms with E-state index < -0.39 is 20.8 Å². The molecule has 0 heterocycles. The average molecular weight is 247 g/mol. The molecule has 0 fully saturated rings. The van der Waals surface area contributed by atoms with E-state index in [-0.39, 0.29) is 29.6 Å². The van der Waals surface area contributed by atoms with Gasteiger partial charge in [0, 0.05) is 5.39 Å². The molecule has 0 unspecified atom stereocenters. The van der Waals surface area contributed by atoms with Crippen molar-refractivity contribution in [3.05, 3.63) is 36.4 Å². The van der Waals surface area contributed by atoms with Crippen molar-refractivity contribution in [2.75, 3.05) is 0 Å². The second kappa shape index (κ2) is 4.73. The number of fused-ring (bicyclic) bond motifs is 1. The Morgan fingerprint density at radius 1 is 1.00 bits per heavy atom. The third-order valence-electron chi connectivity index (χ3n) is 2.12. The molecule has 78 valence electrons. The van der Waals surface area contributed by atoms with Gasteiger partial charge in [-0.25, -0.2) is 0 Å². The molecule has 0 aliphatic heterocycles. The number of phenolic OH excluding ortho intramolecular Hbond substituents is 1. The Morgan fingerprint density at radius 3 is 2.25 bits per heavy atom. The van der Waals surface area contributed by atoms with Gasteiger partial charge in [-0.1, -0.05) is 30.3 Å². The molecule has 16 heavy (non-hydrogen) atoms. The van der Waals surface area contributed by atoms with Gasteiger partial charge in [0.1, 0.15) is 10.6 Å². The molecule has 6 heteroatoms. The first-order chi connectivity index (χ1) is 7.00. The van der Waals surface area contributed by atoms with E-state index in [1.807, 2.05) is 0 Å². The Morgan fingerprint density at radius 2 is 1.62 bits per heavy atom. The van der Waals surface area contributed by atoms with E-state index in [1.54, 1.807) is 24.3 Å². The molecular weight excluding hydrogens is 239 g/mol. The standard InChI is InChI=1S/C10H8O4S.Na/c11-9-6-5-7-3-1-2-4-8(7)10(9)15(12,13)14;/h1-6,11H,(H,12,13,14);/q;+1. The van der Waals surface area contributed by atoms with Crippen LogP contribution in [0.25, 0.3) is 10.8 Å². The summed E-state index contributed by atoms with van der Waals surface area (Å²) < 4.78 is 31.1. The summed E-state index contributed by atoms with van der Waals surface area (Å²) in [5, 5.41) is 10.4. The fourth-order valence-corrected chi connectivity index (χ4v) is 2.30. The molecule has 2 aromatic rings. The summed E-state index contributed by atoms with van der Waals surface area (Å²) in [7, 11) is -4.41. The van der Waals surface area contributed by atoms with Crippen LogP contribution < -0.4 is 29.6 Å². The number of hydrogen-bond donors (Lipinski definition) is 2. The van der Waals surface area contributed by atoms with Crippen molar-refractivity contribution >= 4 is 20.9 Å². The molecule has 0 aliphatic carbocycles. The third-order valence-corrected chi connectivity index (χ3v) is 3.06. The van der Waals surface area contributed by atoms with E-state index >= 15 is 0 Å². The first kappa shape index (κ1) is 13.5. The van der Waals surface area contributed by atoms with Crippen LogP contribution in [0.2, 0.25) is 0 Å². The average Bonchev–Trinajstić information content (AvgIpc) is 2.15. The summed E-state index contributed by atoms with van der Waals surface area (Å²) in [6.45, 7) is 0. The van der Waals surface area contributed by atoms with Crippen LogP contribution in [0.4, 0.5) is 0 Å². The largest absolute Gasteiger partial charge is 1.00 e. The molecule has 0 spiro atoms. The van der Waals surface area contributed by atoms with Crippen molar-refractivity contribution in [1.29, 1.82) is 0 Å².